The Kier molecular flexibility index (Phi) is 6.23. The third-order valence-corrected chi connectivity index (χ3v) is 6.93. The third kappa shape index (κ3) is 4.03. The third-order valence-electron chi connectivity index (χ3n) is 6.93. The topological polar surface area (TPSA) is 76.7 Å². The van der Waals surface area contributed by atoms with E-state index in [0.717, 1.165) is 25.0 Å². The van der Waals surface area contributed by atoms with Gasteiger partial charge in [-0.2, -0.15) is 0 Å². The number of methoxy groups -OCH3 is 1. The fourth-order valence-electron chi connectivity index (χ4n) is 4.98. The van der Waals surface area contributed by atoms with E-state index in [0.29, 0.717) is 43.5 Å². The van der Waals surface area contributed by atoms with Crippen LogP contribution in [0.1, 0.15) is 56.4 Å². The maximum absolute atomic E-state index is 13.7. The van der Waals surface area contributed by atoms with E-state index < -0.39 is 5.54 Å². The molecule has 7 nitrogen and oxygen atoms in total. The van der Waals surface area contributed by atoms with Gasteiger partial charge in [0.15, 0.2) is 0 Å². The minimum Gasteiger partial charge on any atom is -0.463 e. The van der Waals surface area contributed by atoms with Gasteiger partial charge in [-0.05, 0) is 56.4 Å². The molecule has 1 aliphatic heterocycles. The molecule has 7 heteroatoms. The lowest BCUT2D eigenvalue weighted by Crippen LogP contribution is -2.65. The molecule has 1 saturated carbocycles. The lowest BCUT2D eigenvalue weighted by Gasteiger charge is -2.45. The first-order chi connectivity index (χ1) is 15.0. The highest BCUT2D eigenvalue weighted by atomic mass is 16.5. The first-order valence-corrected chi connectivity index (χ1v) is 11.3. The maximum atomic E-state index is 13.7. The fraction of sp³-hybridized carbons (Fsp3) is 0.583. The molecule has 2 amide bonds. The largest absolute Gasteiger partial charge is 0.463 e. The van der Waals surface area contributed by atoms with Crippen molar-refractivity contribution in [1.29, 1.82) is 0 Å². The summed E-state index contributed by atoms with van der Waals surface area (Å²) in [4.78, 5) is 28.9. The number of rotatable bonds is 7. The minimum atomic E-state index is -0.991. The molecular formula is C24H33N3O4. The van der Waals surface area contributed by atoms with Crippen LogP contribution in [0.3, 0.4) is 0 Å². The Balaban J connectivity index is 1.66. The second kappa shape index (κ2) is 8.91. The summed E-state index contributed by atoms with van der Waals surface area (Å²) in [6.07, 6.45) is 6.76. The van der Waals surface area contributed by atoms with Crippen LogP contribution in [0.4, 0.5) is 0 Å². The Labute approximate surface area is 183 Å². The van der Waals surface area contributed by atoms with Crippen molar-refractivity contribution in [2.45, 2.75) is 64.1 Å². The van der Waals surface area contributed by atoms with Crippen LogP contribution in [-0.4, -0.2) is 53.1 Å². The lowest BCUT2D eigenvalue weighted by molar-refractivity contribution is -0.134. The number of hydrogen-bond donors (Lipinski definition) is 1. The van der Waals surface area contributed by atoms with Crippen LogP contribution in [0.25, 0.3) is 11.5 Å². The van der Waals surface area contributed by atoms with Gasteiger partial charge in [0.2, 0.25) is 5.91 Å². The molecule has 1 aliphatic carbocycles. The molecule has 0 spiro atoms. The zero-order chi connectivity index (χ0) is 22.0. The van der Waals surface area contributed by atoms with Gasteiger partial charge in [-0.25, -0.2) is 0 Å². The molecule has 1 N–H and O–H groups in total. The maximum Gasteiger partial charge on any atom is 0.271 e. The second-order valence-electron chi connectivity index (χ2n) is 9.09. The van der Waals surface area contributed by atoms with Gasteiger partial charge in [-0.3, -0.25) is 9.59 Å². The predicted octanol–water partition coefficient (Wildman–Crippen LogP) is 3.69. The second-order valence-corrected chi connectivity index (χ2v) is 9.09. The van der Waals surface area contributed by atoms with Crippen molar-refractivity contribution in [1.82, 2.24) is 14.8 Å². The quantitative estimate of drug-likeness (QED) is 0.684. The van der Waals surface area contributed by atoms with Gasteiger partial charge < -0.3 is 23.9 Å². The van der Waals surface area contributed by atoms with E-state index >= 15 is 0 Å². The summed E-state index contributed by atoms with van der Waals surface area (Å²) < 4.78 is 12.7. The summed E-state index contributed by atoms with van der Waals surface area (Å²) in [7, 11) is 1.65. The molecule has 0 aromatic carbocycles. The van der Waals surface area contributed by atoms with Crippen LogP contribution in [0.15, 0.2) is 34.9 Å². The molecule has 0 unspecified atom stereocenters. The zero-order valence-electron chi connectivity index (χ0n) is 18.7. The molecule has 2 aromatic heterocycles. The SMILES string of the molecule is COCCCN1C(=O)c2ccc(-c3ccco3)n2C[C@]1(C)C(=O)N[C@H]1CCCC[C@@H]1C. The molecule has 2 aliphatic rings. The number of carbonyl (C=O) groups is 2. The fourth-order valence-corrected chi connectivity index (χ4v) is 4.98. The van der Waals surface area contributed by atoms with Crippen LogP contribution in [-0.2, 0) is 16.1 Å². The number of furan rings is 1. The van der Waals surface area contributed by atoms with Crippen molar-refractivity contribution in [3.63, 3.8) is 0 Å². The van der Waals surface area contributed by atoms with Crippen molar-refractivity contribution < 1.29 is 18.7 Å². The Morgan fingerprint density at radius 1 is 1.26 bits per heavy atom. The first-order valence-electron chi connectivity index (χ1n) is 11.3. The van der Waals surface area contributed by atoms with Crippen LogP contribution in [0, 0.1) is 5.92 Å². The molecule has 0 bridgehead atoms. The van der Waals surface area contributed by atoms with Gasteiger partial charge in [0.1, 0.15) is 17.0 Å². The van der Waals surface area contributed by atoms with Crippen LogP contribution in [0.5, 0.6) is 0 Å². The van der Waals surface area contributed by atoms with Gasteiger partial charge in [0.05, 0.1) is 18.5 Å². The summed E-state index contributed by atoms with van der Waals surface area (Å²) in [5.74, 6) is 0.926. The van der Waals surface area contributed by atoms with Crippen molar-refractivity contribution in [3.05, 3.63) is 36.2 Å². The average molecular weight is 428 g/mol. The van der Waals surface area contributed by atoms with E-state index in [9.17, 15) is 9.59 Å². The first kappa shape index (κ1) is 21.7. The van der Waals surface area contributed by atoms with Crippen molar-refractivity contribution in [2.75, 3.05) is 20.3 Å². The van der Waals surface area contributed by atoms with E-state index in [1.807, 2.05) is 35.8 Å². The molecule has 3 atom stereocenters. The number of nitrogens with zero attached hydrogens (tertiary/aromatic N) is 2. The van der Waals surface area contributed by atoms with E-state index in [1.165, 1.54) is 6.42 Å². The number of ether oxygens (including phenoxy) is 1. The molecule has 4 rings (SSSR count). The van der Waals surface area contributed by atoms with Crippen molar-refractivity contribution in [3.8, 4) is 11.5 Å². The normalized spacial score (nSPS) is 26.0. The van der Waals surface area contributed by atoms with Crippen molar-refractivity contribution in [2.24, 2.45) is 5.92 Å². The summed E-state index contributed by atoms with van der Waals surface area (Å²) in [5, 5.41) is 3.30. The summed E-state index contributed by atoms with van der Waals surface area (Å²) >= 11 is 0. The van der Waals surface area contributed by atoms with E-state index in [2.05, 4.69) is 12.2 Å². The number of carbonyl (C=O) groups excluding carboxylic acids is 2. The Morgan fingerprint density at radius 2 is 2.03 bits per heavy atom. The molecule has 168 valence electrons. The zero-order valence-corrected chi connectivity index (χ0v) is 18.7. The summed E-state index contributed by atoms with van der Waals surface area (Å²) in [6, 6.07) is 7.58. The Bertz CT molecular complexity index is 919. The predicted molar refractivity (Wildman–Crippen MR) is 118 cm³/mol. The number of nitrogens with one attached hydrogen (secondary N) is 1. The van der Waals surface area contributed by atoms with Crippen LogP contribution < -0.4 is 5.32 Å². The summed E-state index contributed by atoms with van der Waals surface area (Å²) in [6.45, 7) is 5.48. The highest BCUT2D eigenvalue weighted by molar-refractivity contribution is 6.00. The Morgan fingerprint density at radius 3 is 2.74 bits per heavy atom. The van der Waals surface area contributed by atoms with E-state index in [1.54, 1.807) is 18.3 Å². The molecule has 1 fully saturated rings. The number of amides is 2. The molecule has 0 saturated heterocycles. The molecule has 0 radical (unpaired) electrons. The highest BCUT2D eigenvalue weighted by Gasteiger charge is 2.48. The minimum absolute atomic E-state index is 0.0817. The van der Waals surface area contributed by atoms with Gasteiger partial charge in [0, 0.05) is 26.3 Å². The summed E-state index contributed by atoms with van der Waals surface area (Å²) in [5.41, 5.74) is 0.408. The standard InChI is InChI=1S/C24H33N3O4/c1-17-8-4-5-9-18(17)25-23(29)24(2)16-26-19(21-10-6-15-31-21)11-12-20(26)22(28)27(24)13-7-14-30-3/h6,10-12,15,17-18H,4-5,7-9,13-14,16H2,1-3H3,(H,25,29)/t17-,18-,24+/m0/s1. The highest BCUT2D eigenvalue weighted by Crippen LogP contribution is 2.34. The number of fused-ring (bicyclic) bond motifs is 1. The van der Waals surface area contributed by atoms with Crippen molar-refractivity contribution >= 4 is 11.8 Å². The molecule has 31 heavy (non-hydrogen) atoms. The average Bonchev–Trinajstić information content (AvgIpc) is 3.42. The molecular weight excluding hydrogens is 394 g/mol. The Hall–Kier alpha value is -2.54. The molecule has 2 aromatic rings. The van der Waals surface area contributed by atoms with Gasteiger partial charge in [-0.1, -0.05) is 19.8 Å². The number of hydrogen-bond acceptors (Lipinski definition) is 4. The monoisotopic (exact) mass is 427 g/mol. The van der Waals surface area contributed by atoms with Gasteiger partial charge in [-0.15, -0.1) is 0 Å². The van der Waals surface area contributed by atoms with Crippen LogP contribution >= 0.6 is 0 Å². The smallest absolute Gasteiger partial charge is 0.271 e. The number of aromatic nitrogens is 1. The van der Waals surface area contributed by atoms with E-state index in [4.69, 9.17) is 9.15 Å². The molecule has 3 heterocycles. The van der Waals surface area contributed by atoms with Crippen LogP contribution in [0.2, 0.25) is 0 Å². The van der Waals surface area contributed by atoms with E-state index in [-0.39, 0.29) is 17.9 Å². The van der Waals surface area contributed by atoms with Gasteiger partial charge in [0.25, 0.3) is 5.91 Å². The van der Waals surface area contributed by atoms with Gasteiger partial charge >= 0.3 is 0 Å². The lowest BCUT2D eigenvalue weighted by atomic mass is 9.85.